The van der Waals surface area contributed by atoms with Crippen molar-refractivity contribution in [1.29, 1.82) is 0 Å². The molecule has 0 aromatic heterocycles. The Kier molecular flexibility index (Phi) is 2.83. The molecule has 0 radical (unpaired) electrons. The molecule has 1 saturated heterocycles. The van der Waals surface area contributed by atoms with Crippen LogP contribution in [-0.4, -0.2) is 30.8 Å². The van der Waals surface area contributed by atoms with Gasteiger partial charge >= 0.3 is 5.97 Å². The lowest BCUT2D eigenvalue weighted by Crippen LogP contribution is -2.20. The molecule has 0 aliphatic carbocycles. The van der Waals surface area contributed by atoms with E-state index in [1.165, 1.54) is 0 Å². The fourth-order valence-electron chi connectivity index (χ4n) is 2.53. The van der Waals surface area contributed by atoms with E-state index < -0.39 is 5.97 Å². The van der Waals surface area contributed by atoms with E-state index >= 15 is 0 Å². The van der Waals surface area contributed by atoms with Gasteiger partial charge in [0.15, 0.2) is 11.5 Å². The molecule has 2 unspecified atom stereocenters. The third-order valence-electron chi connectivity index (χ3n) is 3.45. The highest BCUT2D eigenvalue weighted by Gasteiger charge is 2.32. The van der Waals surface area contributed by atoms with Gasteiger partial charge in [-0.2, -0.15) is 0 Å². The molecule has 5 heteroatoms. The number of rotatable bonds is 2. The van der Waals surface area contributed by atoms with E-state index in [2.05, 4.69) is 5.32 Å². The van der Waals surface area contributed by atoms with Crippen molar-refractivity contribution in [3.63, 3.8) is 0 Å². The second-order valence-electron chi connectivity index (χ2n) is 4.60. The fourth-order valence-corrected chi connectivity index (χ4v) is 2.53. The van der Waals surface area contributed by atoms with Crippen LogP contribution in [0.5, 0.6) is 11.5 Å². The van der Waals surface area contributed by atoms with Gasteiger partial charge in [0.1, 0.15) is 13.2 Å². The lowest BCUT2D eigenvalue weighted by atomic mass is 9.99. The first-order valence-electron chi connectivity index (χ1n) is 6.10. The molecule has 0 spiro atoms. The average molecular weight is 249 g/mol. The summed E-state index contributed by atoms with van der Waals surface area (Å²) < 4.78 is 11.2. The molecule has 2 N–H and O–H groups in total. The SMILES string of the molecule is O=C(O)C1CNC(c2cccc3c2OCCO3)C1. The van der Waals surface area contributed by atoms with E-state index in [1.807, 2.05) is 18.2 Å². The first-order chi connectivity index (χ1) is 8.75. The summed E-state index contributed by atoms with van der Waals surface area (Å²) in [5.41, 5.74) is 0.996. The maximum atomic E-state index is 11.0. The van der Waals surface area contributed by atoms with Gasteiger partial charge in [-0.3, -0.25) is 4.79 Å². The number of ether oxygens (including phenoxy) is 2. The van der Waals surface area contributed by atoms with Crippen molar-refractivity contribution < 1.29 is 19.4 Å². The molecule has 18 heavy (non-hydrogen) atoms. The van der Waals surface area contributed by atoms with Crippen molar-refractivity contribution in [3.05, 3.63) is 23.8 Å². The van der Waals surface area contributed by atoms with E-state index in [4.69, 9.17) is 14.6 Å². The molecule has 5 nitrogen and oxygen atoms in total. The summed E-state index contributed by atoms with van der Waals surface area (Å²) in [6, 6.07) is 5.79. The number of hydrogen-bond acceptors (Lipinski definition) is 4. The Morgan fingerprint density at radius 1 is 1.33 bits per heavy atom. The van der Waals surface area contributed by atoms with E-state index in [0.29, 0.717) is 26.2 Å². The van der Waals surface area contributed by atoms with Crippen molar-refractivity contribution in [1.82, 2.24) is 5.32 Å². The molecule has 2 heterocycles. The van der Waals surface area contributed by atoms with Gasteiger partial charge in [-0.1, -0.05) is 12.1 Å². The molecule has 1 aromatic rings. The van der Waals surface area contributed by atoms with Crippen LogP contribution in [0.1, 0.15) is 18.0 Å². The Morgan fingerprint density at radius 3 is 2.94 bits per heavy atom. The minimum Gasteiger partial charge on any atom is -0.486 e. The van der Waals surface area contributed by atoms with E-state index in [-0.39, 0.29) is 12.0 Å². The molecule has 0 amide bonds. The van der Waals surface area contributed by atoms with Crippen LogP contribution in [0.3, 0.4) is 0 Å². The predicted octanol–water partition coefficient (Wildman–Crippen LogP) is 1.19. The van der Waals surface area contributed by atoms with Gasteiger partial charge in [-0.05, 0) is 12.5 Å². The lowest BCUT2D eigenvalue weighted by Gasteiger charge is -2.23. The largest absolute Gasteiger partial charge is 0.486 e. The van der Waals surface area contributed by atoms with Crippen LogP contribution in [0.25, 0.3) is 0 Å². The van der Waals surface area contributed by atoms with Crippen molar-refractivity contribution >= 4 is 5.97 Å². The molecule has 2 atom stereocenters. The highest BCUT2D eigenvalue weighted by molar-refractivity contribution is 5.71. The highest BCUT2D eigenvalue weighted by Crippen LogP contribution is 2.40. The zero-order chi connectivity index (χ0) is 12.5. The zero-order valence-corrected chi connectivity index (χ0v) is 9.89. The Morgan fingerprint density at radius 2 is 2.17 bits per heavy atom. The van der Waals surface area contributed by atoms with Gasteiger partial charge in [0.05, 0.1) is 5.92 Å². The van der Waals surface area contributed by atoms with Gasteiger partial charge in [-0.15, -0.1) is 0 Å². The summed E-state index contributed by atoms with van der Waals surface area (Å²) in [6.45, 7) is 1.61. The molecule has 96 valence electrons. The van der Waals surface area contributed by atoms with Crippen LogP contribution in [-0.2, 0) is 4.79 Å². The normalized spacial score (nSPS) is 26.0. The summed E-state index contributed by atoms with van der Waals surface area (Å²) in [5, 5.41) is 12.3. The summed E-state index contributed by atoms with van der Waals surface area (Å²) >= 11 is 0. The summed E-state index contributed by atoms with van der Waals surface area (Å²) in [6.07, 6.45) is 0.592. The summed E-state index contributed by atoms with van der Waals surface area (Å²) in [7, 11) is 0. The number of carboxylic acid groups (broad SMARTS) is 1. The van der Waals surface area contributed by atoms with Gasteiger partial charge in [0.25, 0.3) is 0 Å². The monoisotopic (exact) mass is 249 g/mol. The number of carboxylic acids is 1. The summed E-state index contributed by atoms with van der Waals surface area (Å²) in [4.78, 5) is 11.0. The van der Waals surface area contributed by atoms with Crippen molar-refractivity contribution in [2.24, 2.45) is 5.92 Å². The second-order valence-corrected chi connectivity index (χ2v) is 4.60. The smallest absolute Gasteiger partial charge is 0.307 e. The van der Waals surface area contributed by atoms with Crippen LogP contribution in [0.4, 0.5) is 0 Å². The molecule has 1 aromatic carbocycles. The Hall–Kier alpha value is -1.75. The minimum absolute atomic E-state index is 0.0303. The topological polar surface area (TPSA) is 67.8 Å². The maximum absolute atomic E-state index is 11.0. The molecular weight excluding hydrogens is 234 g/mol. The number of hydrogen-bond donors (Lipinski definition) is 2. The average Bonchev–Trinajstić information content (AvgIpc) is 2.87. The Labute approximate surface area is 105 Å². The predicted molar refractivity (Wildman–Crippen MR) is 63.9 cm³/mol. The van der Waals surface area contributed by atoms with Crippen molar-refractivity contribution in [2.75, 3.05) is 19.8 Å². The second kappa shape index (κ2) is 4.49. The molecule has 1 fully saturated rings. The lowest BCUT2D eigenvalue weighted by molar-refractivity contribution is -0.141. The van der Waals surface area contributed by atoms with Gasteiger partial charge in [-0.25, -0.2) is 0 Å². The van der Waals surface area contributed by atoms with E-state index in [9.17, 15) is 4.79 Å². The van der Waals surface area contributed by atoms with Gasteiger partial charge < -0.3 is 19.9 Å². The standard InChI is InChI=1S/C13H15NO4/c15-13(16)8-6-10(14-7-8)9-2-1-3-11-12(9)18-5-4-17-11/h1-3,8,10,14H,4-7H2,(H,15,16). The van der Waals surface area contributed by atoms with E-state index in [1.54, 1.807) is 0 Å². The van der Waals surface area contributed by atoms with Gasteiger partial charge in [0.2, 0.25) is 0 Å². The fraction of sp³-hybridized carbons (Fsp3) is 0.462. The van der Waals surface area contributed by atoms with Crippen LogP contribution in [0, 0.1) is 5.92 Å². The van der Waals surface area contributed by atoms with Crippen LogP contribution >= 0.6 is 0 Å². The first kappa shape index (κ1) is 11.3. The molecule has 0 saturated carbocycles. The number of fused-ring (bicyclic) bond motifs is 1. The van der Waals surface area contributed by atoms with Crippen LogP contribution in [0.2, 0.25) is 0 Å². The highest BCUT2D eigenvalue weighted by atomic mass is 16.6. The van der Waals surface area contributed by atoms with Crippen molar-refractivity contribution in [2.45, 2.75) is 12.5 Å². The quantitative estimate of drug-likeness (QED) is 0.824. The Bertz CT molecular complexity index is 474. The van der Waals surface area contributed by atoms with Gasteiger partial charge in [0, 0.05) is 18.2 Å². The first-order valence-corrected chi connectivity index (χ1v) is 6.10. The number of para-hydroxylation sites is 1. The molecular formula is C13H15NO4. The third kappa shape index (κ3) is 1.90. The number of carbonyl (C=O) groups is 1. The third-order valence-corrected chi connectivity index (χ3v) is 3.45. The number of aliphatic carboxylic acids is 1. The maximum Gasteiger partial charge on any atom is 0.307 e. The number of benzene rings is 1. The number of nitrogens with one attached hydrogen (secondary N) is 1. The molecule has 2 aliphatic heterocycles. The van der Waals surface area contributed by atoms with Crippen molar-refractivity contribution in [3.8, 4) is 11.5 Å². The minimum atomic E-state index is -0.744. The molecule has 2 aliphatic rings. The van der Waals surface area contributed by atoms with Crippen LogP contribution < -0.4 is 14.8 Å². The molecule has 3 rings (SSSR count). The van der Waals surface area contributed by atoms with E-state index in [0.717, 1.165) is 17.1 Å². The Balaban J connectivity index is 1.87. The molecule has 0 bridgehead atoms. The summed E-state index contributed by atoms with van der Waals surface area (Å²) in [5.74, 6) is 0.439. The van der Waals surface area contributed by atoms with Crippen LogP contribution in [0.15, 0.2) is 18.2 Å². The zero-order valence-electron chi connectivity index (χ0n) is 9.89.